The standard InChI is InChI=1S/C17H20N4O2S/c22-17(14-1-3-18-19-7-14)21-10-15-9-20(4-5-23-16(15)11-21)8-13-2-6-24-12-13/h1-3,6-7,12,15-16H,4-5,8-11H2/t15-,16+/m0/s1. The number of hydrogen-bond acceptors (Lipinski definition) is 6. The highest BCUT2D eigenvalue weighted by atomic mass is 32.1. The minimum absolute atomic E-state index is 0.0194. The van der Waals surface area contributed by atoms with E-state index in [1.165, 1.54) is 11.8 Å². The van der Waals surface area contributed by atoms with Crippen molar-refractivity contribution in [1.82, 2.24) is 20.0 Å². The predicted molar refractivity (Wildman–Crippen MR) is 90.8 cm³/mol. The predicted octanol–water partition coefficient (Wildman–Crippen LogP) is 1.51. The van der Waals surface area contributed by atoms with E-state index in [1.54, 1.807) is 23.6 Å². The molecule has 0 N–H and O–H groups in total. The molecule has 4 rings (SSSR count). The van der Waals surface area contributed by atoms with Gasteiger partial charge in [-0.2, -0.15) is 21.5 Å². The molecule has 0 radical (unpaired) electrons. The molecular weight excluding hydrogens is 324 g/mol. The zero-order valence-corrected chi connectivity index (χ0v) is 14.2. The fourth-order valence-corrected chi connectivity index (χ4v) is 4.17. The van der Waals surface area contributed by atoms with Crippen molar-refractivity contribution in [2.45, 2.75) is 12.6 Å². The Morgan fingerprint density at radius 2 is 2.25 bits per heavy atom. The zero-order valence-electron chi connectivity index (χ0n) is 13.4. The Kier molecular flexibility index (Phi) is 4.55. The Bertz CT molecular complexity index is 679. The summed E-state index contributed by atoms with van der Waals surface area (Å²) in [5, 5.41) is 11.8. The van der Waals surface area contributed by atoms with E-state index >= 15 is 0 Å². The van der Waals surface area contributed by atoms with Gasteiger partial charge in [0.15, 0.2) is 0 Å². The Balaban J connectivity index is 1.41. The summed E-state index contributed by atoms with van der Waals surface area (Å²) in [7, 11) is 0. The highest BCUT2D eigenvalue weighted by Crippen LogP contribution is 2.25. The first-order valence-corrected chi connectivity index (χ1v) is 9.15. The molecule has 0 saturated carbocycles. The van der Waals surface area contributed by atoms with E-state index in [4.69, 9.17) is 4.74 Å². The Hall–Kier alpha value is -1.83. The molecule has 7 heteroatoms. The molecule has 2 fully saturated rings. The number of fused-ring (bicyclic) bond motifs is 1. The van der Waals surface area contributed by atoms with Crippen LogP contribution in [-0.4, -0.2) is 64.8 Å². The number of rotatable bonds is 3. The van der Waals surface area contributed by atoms with Gasteiger partial charge in [0, 0.05) is 38.6 Å². The summed E-state index contributed by atoms with van der Waals surface area (Å²) in [5.41, 5.74) is 1.95. The number of carbonyl (C=O) groups is 1. The van der Waals surface area contributed by atoms with E-state index in [0.29, 0.717) is 18.0 Å². The van der Waals surface area contributed by atoms with E-state index in [0.717, 1.165) is 32.8 Å². The molecule has 0 aliphatic carbocycles. The van der Waals surface area contributed by atoms with Crippen LogP contribution in [0.2, 0.25) is 0 Å². The van der Waals surface area contributed by atoms with Gasteiger partial charge in [-0.05, 0) is 28.5 Å². The maximum absolute atomic E-state index is 12.6. The number of thiophene rings is 1. The normalized spacial score (nSPS) is 24.6. The largest absolute Gasteiger partial charge is 0.375 e. The van der Waals surface area contributed by atoms with E-state index in [2.05, 4.69) is 31.9 Å². The van der Waals surface area contributed by atoms with Crippen LogP contribution >= 0.6 is 11.3 Å². The molecule has 24 heavy (non-hydrogen) atoms. The Labute approximate surface area is 145 Å². The molecule has 0 aromatic carbocycles. The number of nitrogens with zero attached hydrogens (tertiary/aromatic N) is 4. The van der Waals surface area contributed by atoms with E-state index in [1.807, 2.05) is 4.90 Å². The van der Waals surface area contributed by atoms with Crippen LogP contribution in [0.4, 0.5) is 0 Å². The van der Waals surface area contributed by atoms with Crippen molar-refractivity contribution in [2.75, 3.05) is 32.8 Å². The number of carbonyl (C=O) groups excluding carboxylic acids is 1. The van der Waals surface area contributed by atoms with Gasteiger partial charge < -0.3 is 9.64 Å². The lowest BCUT2D eigenvalue weighted by Gasteiger charge is -2.23. The fourth-order valence-electron chi connectivity index (χ4n) is 3.51. The molecule has 0 unspecified atom stereocenters. The second kappa shape index (κ2) is 6.96. The van der Waals surface area contributed by atoms with Gasteiger partial charge in [0.05, 0.1) is 30.7 Å². The number of amides is 1. The number of ether oxygens (including phenoxy) is 1. The minimum Gasteiger partial charge on any atom is -0.375 e. The van der Waals surface area contributed by atoms with Crippen LogP contribution in [0.3, 0.4) is 0 Å². The molecule has 2 aliphatic rings. The number of aromatic nitrogens is 2. The van der Waals surface area contributed by atoms with Crippen LogP contribution < -0.4 is 0 Å². The average Bonchev–Trinajstić information content (AvgIpc) is 3.22. The van der Waals surface area contributed by atoms with Crippen LogP contribution in [0.1, 0.15) is 15.9 Å². The average molecular weight is 344 g/mol. The molecule has 2 atom stereocenters. The summed E-state index contributed by atoms with van der Waals surface area (Å²) in [6, 6.07) is 3.89. The van der Waals surface area contributed by atoms with Gasteiger partial charge in [-0.1, -0.05) is 0 Å². The zero-order chi connectivity index (χ0) is 16.4. The minimum atomic E-state index is 0.0194. The van der Waals surface area contributed by atoms with Crippen LogP contribution in [0.15, 0.2) is 35.3 Å². The number of hydrogen-bond donors (Lipinski definition) is 0. The van der Waals surface area contributed by atoms with Gasteiger partial charge >= 0.3 is 0 Å². The summed E-state index contributed by atoms with van der Waals surface area (Å²) in [4.78, 5) is 16.9. The molecule has 2 aliphatic heterocycles. The third-order valence-corrected chi connectivity index (χ3v) is 5.45. The van der Waals surface area contributed by atoms with Gasteiger partial charge in [0.1, 0.15) is 0 Å². The topological polar surface area (TPSA) is 58.6 Å². The van der Waals surface area contributed by atoms with Crippen molar-refractivity contribution in [3.05, 3.63) is 46.4 Å². The van der Waals surface area contributed by atoms with Crippen LogP contribution in [-0.2, 0) is 11.3 Å². The summed E-state index contributed by atoms with van der Waals surface area (Å²) >= 11 is 1.73. The molecule has 2 aromatic rings. The molecule has 1 amide bonds. The molecule has 126 valence electrons. The first-order valence-electron chi connectivity index (χ1n) is 8.20. The summed E-state index contributed by atoms with van der Waals surface area (Å²) in [6.45, 7) is 5.01. The highest BCUT2D eigenvalue weighted by molar-refractivity contribution is 7.07. The fraction of sp³-hybridized carbons (Fsp3) is 0.471. The van der Waals surface area contributed by atoms with Crippen LogP contribution in [0, 0.1) is 5.92 Å². The lowest BCUT2D eigenvalue weighted by Crippen LogP contribution is -2.33. The van der Waals surface area contributed by atoms with E-state index in [9.17, 15) is 4.79 Å². The van der Waals surface area contributed by atoms with Crippen molar-refractivity contribution in [3.63, 3.8) is 0 Å². The second-order valence-corrected chi connectivity index (χ2v) is 7.16. The first kappa shape index (κ1) is 15.7. The molecule has 6 nitrogen and oxygen atoms in total. The molecule has 0 spiro atoms. The summed E-state index contributed by atoms with van der Waals surface area (Å²) in [6.07, 6.45) is 3.22. The maximum atomic E-state index is 12.6. The maximum Gasteiger partial charge on any atom is 0.255 e. The highest BCUT2D eigenvalue weighted by Gasteiger charge is 2.38. The molecular formula is C17H20N4O2S. The van der Waals surface area contributed by atoms with Crippen molar-refractivity contribution < 1.29 is 9.53 Å². The first-order chi connectivity index (χ1) is 11.8. The van der Waals surface area contributed by atoms with E-state index in [-0.39, 0.29) is 12.0 Å². The molecule has 4 heterocycles. The third kappa shape index (κ3) is 3.33. The molecule has 2 aromatic heterocycles. The smallest absolute Gasteiger partial charge is 0.255 e. The SMILES string of the molecule is O=C(c1ccnnc1)N1C[C@@H]2CN(Cc3ccsc3)CCO[C@@H]2C1. The van der Waals surface area contributed by atoms with Crippen LogP contribution in [0.25, 0.3) is 0 Å². The van der Waals surface area contributed by atoms with Crippen molar-refractivity contribution >= 4 is 17.2 Å². The monoisotopic (exact) mass is 344 g/mol. The lowest BCUT2D eigenvalue weighted by molar-refractivity contribution is 0.0483. The van der Waals surface area contributed by atoms with Crippen molar-refractivity contribution in [3.8, 4) is 0 Å². The number of likely N-dealkylation sites (tertiary alicyclic amines) is 1. The van der Waals surface area contributed by atoms with Gasteiger partial charge in [0.2, 0.25) is 0 Å². The molecule has 0 bridgehead atoms. The molecule has 2 saturated heterocycles. The Morgan fingerprint density at radius 1 is 1.29 bits per heavy atom. The summed E-state index contributed by atoms with van der Waals surface area (Å²) in [5.74, 6) is 0.385. The van der Waals surface area contributed by atoms with Gasteiger partial charge in [-0.3, -0.25) is 9.69 Å². The lowest BCUT2D eigenvalue weighted by atomic mass is 10.1. The van der Waals surface area contributed by atoms with Crippen molar-refractivity contribution in [1.29, 1.82) is 0 Å². The van der Waals surface area contributed by atoms with Gasteiger partial charge in [0.25, 0.3) is 5.91 Å². The van der Waals surface area contributed by atoms with Gasteiger partial charge in [-0.15, -0.1) is 0 Å². The van der Waals surface area contributed by atoms with E-state index < -0.39 is 0 Å². The van der Waals surface area contributed by atoms with Crippen LogP contribution in [0.5, 0.6) is 0 Å². The van der Waals surface area contributed by atoms with Gasteiger partial charge in [-0.25, -0.2) is 0 Å². The third-order valence-electron chi connectivity index (χ3n) is 4.72. The van der Waals surface area contributed by atoms with Crippen molar-refractivity contribution in [2.24, 2.45) is 5.92 Å². The quantitative estimate of drug-likeness (QED) is 0.845. The Morgan fingerprint density at radius 3 is 3.04 bits per heavy atom. The second-order valence-electron chi connectivity index (χ2n) is 6.38. The summed E-state index contributed by atoms with van der Waals surface area (Å²) < 4.78 is 6.03.